The Balaban J connectivity index is 1.70. The van der Waals surface area contributed by atoms with Crippen molar-refractivity contribution in [1.82, 2.24) is 25.1 Å². The van der Waals surface area contributed by atoms with Crippen molar-refractivity contribution >= 4 is 5.91 Å². The Morgan fingerprint density at radius 3 is 2.73 bits per heavy atom. The van der Waals surface area contributed by atoms with E-state index < -0.39 is 5.41 Å². The molecule has 3 heterocycles. The van der Waals surface area contributed by atoms with Gasteiger partial charge in [-0.1, -0.05) is 12.1 Å². The van der Waals surface area contributed by atoms with Gasteiger partial charge in [-0.05, 0) is 75.1 Å². The van der Waals surface area contributed by atoms with Gasteiger partial charge in [-0.25, -0.2) is 4.68 Å². The van der Waals surface area contributed by atoms with Crippen LogP contribution in [-0.4, -0.2) is 50.8 Å². The van der Waals surface area contributed by atoms with Crippen LogP contribution >= 0.6 is 0 Å². The molecule has 4 rings (SSSR count). The van der Waals surface area contributed by atoms with E-state index in [4.69, 9.17) is 9.47 Å². The molecule has 1 aromatic heterocycles. The summed E-state index contributed by atoms with van der Waals surface area (Å²) in [6, 6.07) is 7.79. The van der Waals surface area contributed by atoms with Crippen molar-refractivity contribution in [3.63, 3.8) is 0 Å². The van der Waals surface area contributed by atoms with Gasteiger partial charge in [-0.2, -0.15) is 0 Å². The van der Waals surface area contributed by atoms with Crippen LogP contribution in [0.1, 0.15) is 64.4 Å². The van der Waals surface area contributed by atoms with Crippen LogP contribution in [0.2, 0.25) is 0 Å². The molecule has 2 fully saturated rings. The maximum Gasteiger partial charge on any atom is 0.229 e. The molecule has 0 N–H and O–H groups in total. The molecule has 1 spiro atoms. The van der Waals surface area contributed by atoms with Crippen molar-refractivity contribution in [1.29, 1.82) is 0 Å². The van der Waals surface area contributed by atoms with Crippen LogP contribution in [0.4, 0.5) is 0 Å². The third-order valence-electron chi connectivity index (χ3n) is 6.11. The molecule has 0 bridgehead atoms. The molecule has 0 radical (unpaired) electrons. The van der Waals surface area contributed by atoms with Crippen molar-refractivity contribution in [3.05, 3.63) is 35.7 Å². The molecule has 0 aliphatic carbocycles. The number of hydrogen-bond acceptors (Lipinski definition) is 6. The van der Waals surface area contributed by atoms with Crippen LogP contribution in [0.25, 0.3) is 0 Å². The first-order valence-electron chi connectivity index (χ1n) is 10.7. The molecule has 0 saturated carbocycles. The number of rotatable bonds is 5. The molecule has 30 heavy (non-hydrogen) atoms. The fourth-order valence-corrected chi connectivity index (χ4v) is 4.58. The standard InChI is InChI=1S/C22H31N5O3/c1-5-30-17-8-6-7-16(13-17)15-26-18(19-23-24-25-27(19)21(2,3)4)14-22(20(26)28)9-11-29-12-10-22/h6-8,13,18H,5,9-12,14-15H2,1-4H3/t18-/m0/s1. The number of likely N-dealkylation sites (tertiary alicyclic amines) is 1. The number of carbonyl (C=O) groups excluding carboxylic acids is 1. The van der Waals surface area contributed by atoms with Crippen LogP contribution < -0.4 is 4.74 Å². The number of benzene rings is 1. The number of aromatic nitrogens is 4. The lowest BCUT2D eigenvalue weighted by atomic mass is 9.77. The molecule has 8 nitrogen and oxygen atoms in total. The van der Waals surface area contributed by atoms with Crippen LogP contribution in [-0.2, 0) is 21.6 Å². The Hall–Kier alpha value is -2.48. The van der Waals surface area contributed by atoms with Crippen LogP contribution in [0.3, 0.4) is 0 Å². The third-order valence-corrected chi connectivity index (χ3v) is 6.11. The van der Waals surface area contributed by atoms with Gasteiger partial charge in [0.1, 0.15) is 5.75 Å². The molecule has 1 aromatic carbocycles. The van der Waals surface area contributed by atoms with Gasteiger partial charge in [-0.15, -0.1) is 5.10 Å². The number of nitrogens with zero attached hydrogens (tertiary/aromatic N) is 5. The van der Waals surface area contributed by atoms with Crippen molar-refractivity contribution < 1.29 is 14.3 Å². The summed E-state index contributed by atoms with van der Waals surface area (Å²) in [4.78, 5) is 15.7. The van der Waals surface area contributed by atoms with Gasteiger partial charge in [-0.3, -0.25) is 4.79 Å². The average Bonchev–Trinajstić information content (AvgIpc) is 3.29. The molecular weight excluding hydrogens is 382 g/mol. The van der Waals surface area contributed by atoms with Gasteiger partial charge in [0.25, 0.3) is 0 Å². The number of amides is 1. The summed E-state index contributed by atoms with van der Waals surface area (Å²) in [5.74, 6) is 1.75. The van der Waals surface area contributed by atoms with Crippen LogP contribution in [0.5, 0.6) is 5.75 Å². The topological polar surface area (TPSA) is 82.4 Å². The third kappa shape index (κ3) is 3.80. The minimum Gasteiger partial charge on any atom is -0.494 e. The highest BCUT2D eigenvalue weighted by Crippen LogP contribution is 2.50. The summed E-state index contributed by atoms with van der Waals surface area (Å²) in [5.41, 5.74) is 0.376. The average molecular weight is 414 g/mol. The molecule has 1 amide bonds. The first-order valence-corrected chi connectivity index (χ1v) is 10.7. The summed E-state index contributed by atoms with van der Waals surface area (Å²) in [6.07, 6.45) is 2.21. The van der Waals surface area contributed by atoms with Gasteiger partial charge in [0.05, 0.1) is 23.6 Å². The number of tetrazole rings is 1. The zero-order chi connectivity index (χ0) is 21.4. The van der Waals surface area contributed by atoms with Gasteiger partial charge in [0.15, 0.2) is 5.82 Å². The predicted molar refractivity (Wildman–Crippen MR) is 111 cm³/mol. The molecule has 2 aliphatic rings. The summed E-state index contributed by atoms with van der Waals surface area (Å²) in [7, 11) is 0. The smallest absolute Gasteiger partial charge is 0.229 e. The van der Waals surface area contributed by atoms with E-state index in [1.54, 1.807) is 0 Å². The summed E-state index contributed by atoms with van der Waals surface area (Å²) >= 11 is 0. The fourth-order valence-electron chi connectivity index (χ4n) is 4.58. The minimum atomic E-state index is -0.394. The molecule has 162 valence electrons. The van der Waals surface area contributed by atoms with E-state index in [0.717, 1.165) is 36.4 Å². The normalized spacial score (nSPS) is 21.4. The summed E-state index contributed by atoms with van der Waals surface area (Å²) in [5, 5.41) is 12.6. The molecule has 8 heteroatoms. The Kier molecular flexibility index (Phi) is 5.53. The van der Waals surface area contributed by atoms with Crippen LogP contribution in [0, 0.1) is 5.41 Å². The molecule has 1 atom stereocenters. The SMILES string of the molecule is CCOc1cccc(CN2C(=O)C3(CCOCC3)C[C@H]2c2nnnn2C(C)(C)C)c1. The number of ether oxygens (including phenoxy) is 2. The van der Waals surface area contributed by atoms with Crippen molar-refractivity contribution in [3.8, 4) is 5.75 Å². The highest BCUT2D eigenvalue weighted by atomic mass is 16.5. The number of carbonyl (C=O) groups is 1. The predicted octanol–water partition coefficient (Wildman–Crippen LogP) is 3.10. The highest BCUT2D eigenvalue weighted by molar-refractivity contribution is 5.85. The zero-order valence-corrected chi connectivity index (χ0v) is 18.3. The lowest BCUT2D eigenvalue weighted by Gasteiger charge is -2.31. The van der Waals surface area contributed by atoms with E-state index in [9.17, 15) is 4.79 Å². The van der Waals surface area contributed by atoms with Gasteiger partial charge < -0.3 is 14.4 Å². The van der Waals surface area contributed by atoms with E-state index in [-0.39, 0.29) is 17.5 Å². The van der Waals surface area contributed by atoms with Crippen molar-refractivity contribution in [2.24, 2.45) is 5.41 Å². The minimum absolute atomic E-state index is 0.166. The zero-order valence-electron chi connectivity index (χ0n) is 18.3. The molecule has 2 saturated heterocycles. The van der Waals surface area contributed by atoms with Crippen molar-refractivity contribution in [2.75, 3.05) is 19.8 Å². The van der Waals surface area contributed by atoms with Gasteiger partial charge in [0, 0.05) is 19.8 Å². The maximum absolute atomic E-state index is 13.7. The van der Waals surface area contributed by atoms with Crippen LogP contribution in [0.15, 0.2) is 24.3 Å². The lowest BCUT2D eigenvalue weighted by Crippen LogP contribution is -2.39. The summed E-state index contributed by atoms with van der Waals surface area (Å²) in [6.45, 7) is 10.5. The van der Waals surface area contributed by atoms with Gasteiger partial charge >= 0.3 is 0 Å². The second-order valence-corrected chi connectivity index (χ2v) is 9.25. The largest absolute Gasteiger partial charge is 0.494 e. The first-order chi connectivity index (χ1) is 14.3. The Bertz CT molecular complexity index is 898. The molecular formula is C22H31N5O3. The Morgan fingerprint density at radius 1 is 1.27 bits per heavy atom. The first kappa shape index (κ1) is 20.8. The quantitative estimate of drug-likeness (QED) is 0.749. The second-order valence-electron chi connectivity index (χ2n) is 9.25. The second kappa shape index (κ2) is 7.98. The van der Waals surface area contributed by atoms with E-state index in [0.29, 0.717) is 26.4 Å². The highest BCUT2D eigenvalue weighted by Gasteiger charge is 2.54. The summed E-state index contributed by atoms with van der Waals surface area (Å²) < 4.78 is 13.1. The molecule has 2 aliphatic heterocycles. The maximum atomic E-state index is 13.7. The fraction of sp³-hybridized carbons (Fsp3) is 0.636. The van der Waals surface area contributed by atoms with Gasteiger partial charge in [0.2, 0.25) is 5.91 Å². The molecule has 2 aromatic rings. The van der Waals surface area contributed by atoms with Crippen molar-refractivity contribution in [2.45, 2.75) is 65.1 Å². The Morgan fingerprint density at radius 2 is 2.03 bits per heavy atom. The van der Waals surface area contributed by atoms with E-state index >= 15 is 0 Å². The van der Waals surface area contributed by atoms with E-state index in [1.165, 1.54) is 0 Å². The monoisotopic (exact) mass is 413 g/mol. The van der Waals surface area contributed by atoms with E-state index in [1.807, 2.05) is 40.8 Å². The number of hydrogen-bond donors (Lipinski definition) is 0. The van der Waals surface area contributed by atoms with E-state index in [2.05, 4.69) is 36.3 Å². The Labute approximate surface area is 177 Å². The lowest BCUT2D eigenvalue weighted by molar-refractivity contribution is -0.141. The molecule has 0 unspecified atom stereocenters.